The Bertz CT molecular complexity index is 906. The molecule has 0 atom stereocenters. The summed E-state index contributed by atoms with van der Waals surface area (Å²) in [6.45, 7) is 13.4. The van der Waals surface area contributed by atoms with Gasteiger partial charge in [-0.3, -0.25) is 0 Å². The van der Waals surface area contributed by atoms with E-state index >= 15 is 0 Å². The van der Waals surface area contributed by atoms with Crippen LogP contribution in [0, 0.1) is 0 Å². The lowest BCUT2D eigenvalue weighted by molar-refractivity contribution is 0.0206. The van der Waals surface area contributed by atoms with Crippen molar-refractivity contribution in [2.24, 2.45) is 0 Å². The fraction of sp³-hybridized carbons (Fsp3) is 0.440. The summed E-state index contributed by atoms with van der Waals surface area (Å²) in [7, 11) is 0. The molecule has 2 aromatic carbocycles. The Morgan fingerprint density at radius 1 is 0.710 bits per heavy atom. The third-order valence-corrected chi connectivity index (χ3v) is 5.39. The number of carbonyl (C=O) groups excluding carboxylic acids is 2. The molecule has 0 fully saturated rings. The summed E-state index contributed by atoms with van der Waals surface area (Å²) in [6, 6.07) is 15.5. The highest BCUT2D eigenvalue weighted by atomic mass is 32.2. The summed E-state index contributed by atoms with van der Waals surface area (Å²) in [4.78, 5) is 23.5. The van der Waals surface area contributed by atoms with Gasteiger partial charge in [0, 0.05) is 5.41 Å². The average Bonchev–Trinajstić information content (AvgIpc) is 2.66. The van der Waals surface area contributed by atoms with Gasteiger partial charge in [-0.1, -0.05) is 50.2 Å². The lowest BCUT2D eigenvalue weighted by Crippen LogP contribution is -2.26. The summed E-state index contributed by atoms with van der Waals surface area (Å²) in [6.07, 6.45) is 0.980. The van der Waals surface area contributed by atoms with Gasteiger partial charge in [0.25, 0.3) is 0 Å². The van der Waals surface area contributed by atoms with Crippen LogP contribution < -0.4 is 4.74 Å². The number of hydrogen-bond acceptors (Lipinski definition) is 6. The molecule has 0 aliphatic carbocycles. The molecule has 5 nitrogen and oxygen atoms in total. The Balaban J connectivity index is 2.16. The first-order valence-electron chi connectivity index (χ1n) is 10.1. The zero-order valence-corrected chi connectivity index (χ0v) is 20.4. The number of carbonyl (C=O) groups is 2. The molecule has 168 valence electrons. The molecule has 0 aliphatic heterocycles. The van der Waals surface area contributed by atoms with E-state index in [2.05, 4.69) is 26.0 Å². The number of benzene rings is 2. The maximum Gasteiger partial charge on any atom is 0.514 e. The van der Waals surface area contributed by atoms with E-state index in [0.29, 0.717) is 5.75 Å². The van der Waals surface area contributed by atoms with Crippen LogP contribution in [0.3, 0.4) is 0 Å². The van der Waals surface area contributed by atoms with E-state index in [-0.39, 0.29) is 10.7 Å². The normalized spacial score (nSPS) is 12.3. The molecule has 0 aromatic heterocycles. The molecule has 31 heavy (non-hydrogen) atoms. The molecule has 0 saturated heterocycles. The van der Waals surface area contributed by atoms with Crippen LogP contribution in [0.15, 0.2) is 48.5 Å². The van der Waals surface area contributed by atoms with E-state index in [0.717, 1.165) is 28.5 Å². The quantitative estimate of drug-likeness (QED) is 0.363. The molecule has 0 bridgehead atoms. The monoisotopic (exact) mass is 444 g/mol. The first-order chi connectivity index (χ1) is 14.2. The van der Waals surface area contributed by atoms with Crippen LogP contribution in [-0.4, -0.2) is 23.3 Å². The van der Waals surface area contributed by atoms with E-state index in [1.54, 1.807) is 39.2 Å². The molecule has 2 aromatic rings. The van der Waals surface area contributed by atoms with Crippen molar-refractivity contribution in [3.63, 3.8) is 0 Å². The Labute approximate surface area is 189 Å². The summed E-state index contributed by atoms with van der Waals surface area (Å²) in [5.74, 6) is 0.432. The number of thioether (sulfide) groups is 1. The van der Waals surface area contributed by atoms with Gasteiger partial charge in [-0.2, -0.15) is 0 Å². The predicted molar refractivity (Wildman–Crippen MR) is 125 cm³/mol. The molecule has 0 aliphatic rings. The molecule has 0 N–H and O–H groups in total. The van der Waals surface area contributed by atoms with Crippen molar-refractivity contribution in [1.29, 1.82) is 0 Å². The highest BCUT2D eigenvalue weighted by Crippen LogP contribution is 2.34. The Morgan fingerprint density at radius 3 is 1.61 bits per heavy atom. The minimum atomic E-state index is -0.722. The van der Waals surface area contributed by atoms with Crippen molar-refractivity contribution in [3.05, 3.63) is 65.2 Å². The molecule has 0 amide bonds. The zero-order chi connectivity index (χ0) is 23.4. The molecule has 0 heterocycles. The van der Waals surface area contributed by atoms with Crippen LogP contribution in [-0.2, 0) is 20.5 Å². The molecule has 0 radical (unpaired) electrons. The van der Waals surface area contributed by atoms with Crippen molar-refractivity contribution in [2.75, 3.05) is 6.26 Å². The van der Waals surface area contributed by atoms with E-state index in [1.807, 2.05) is 38.1 Å². The number of rotatable bonds is 5. The maximum atomic E-state index is 11.9. The predicted octanol–water partition coefficient (Wildman–Crippen LogP) is 7.06. The fourth-order valence-electron chi connectivity index (χ4n) is 3.07. The number of hydrogen-bond donors (Lipinski definition) is 0. The van der Waals surface area contributed by atoms with Gasteiger partial charge in [0.1, 0.15) is 17.0 Å². The van der Waals surface area contributed by atoms with Crippen LogP contribution in [0.4, 0.5) is 9.59 Å². The highest BCUT2D eigenvalue weighted by Gasteiger charge is 2.28. The van der Waals surface area contributed by atoms with Gasteiger partial charge in [0.2, 0.25) is 0 Å². The average molecular weight is 445 g/mol. The SMILES string of the molecule is CSC(=O)OC(C)(C)c1ccc(C(C)(C)c2ccc(OC(=O)OC(C)(C)C)cc2)cc1. The lowest BCUT2D eigenvalue weighted by Gasteiger charge is -2.29. The highest BCUT2D eigenvalue weighted by molar-refractivity contribution is 8.12. The van der Waals surface area contributed by atoms with Gasteiger partial charge in [0.05, 0.1) is 0 Å². The summed E-state index contributed by atoms with van der Waals surface area (Å²) < 4.78 is 16.0. The van der Waals surface area contributed by atoms with E-state index < -0.39 is 17.4 Å². The van der Waals surface area contributed by atoms with E-state index in [9.17, 15) is 9.59 Å². The van der Waals surface area contributed by atoms with Crippen LogP contribution >= 0.6 is 11.8 Å². The van der Waals surface area contributed by atoms with Crippen LogP contribution in [0.1, 0.15) is 65.2 Å². The van der Waals surface area contributed by atoms with Gasteiger partial charge < -0.3 is 14.2 Å². The van der Waals surface area contributed by atoms with E-state index in [1.165, 1.54) is 0 Å². The van der Waals surface area contributed by atoms with Gasteiger partial charge in [0.15, 0.2) is 0 Å². The largest absolute Gasteiger partial charge is 0.514 e. The van der Waals surface area contributed by atoms with E-state index in [4.69, 9.17) is 14.2 Å². The summed E-state index contributed by atoms with van der Waals surface area (Å²) in [5, 5.41) is -0.303. The van der Waals surface area contributed by atoms with Gasteiger partial charge >= 0.3 is 11.5 Å². The maximum absolute atomic E-state index is 11.9. The Morgan fingerprint density at radius 2 is 1.16 bits per heavy atom. The first kappa shape index (κ1) is 24.8. The third-order valence-electron chi connectivity index (χ3n) is 4.97. The van der Waals surface area contributed by atoms with Crippen molar-refractivity contribution in [2.45, 2.75) is 65.1 Å². The van der Waals surface area contributed by atoms with Crippen molar-refractivity contribution in [3.8, 4) is 5.75 Å². The molecular weight excluding hydrogens is 412 g/mol. The second kappa shape index (κ2) is 9.35. The lowest BCUT2D eigenvalue weighted by atomic mass is 9.77. The molecule has 2 rings (SSSR count). The van der Waals surface area contributed by atoms with Crippen LogP contribution in [0.5, 0.6) is 5.75 Å². The fourth-order valence-corrected chi connectivity index (χ4v) is 3.36. The first-order valence-corrected chi connectivity index (χ1v) is 11.4. The zero-order valence-electron chi connectivity index (χ0n) is 19.6. The minimum absolute atomic E-state index is 0.275. The molecular formula is C25H32O5S. The molecule has 6 heteroatoms. The summed E-state index contributed by atoms with van der Waals surface area (Å²) in [5.41, 5.74) is 1.53. The summed E-state index contributed by atoms with van der Waals surface area (Å²) >= 11 is 1.06. The number of ether oxygens (including phenoxy) is 3. The molecule has 0 saturated carbocycles. The smallest absolute Gasteiger partial charge is 0.447 e. The molecule has 0 unspecified atom stereocenters. The van der Waals surface area contributed by atoms with Crippen molar-refractivity contribution < 1.29 is 23.8 Å². The Hall–Kier alpha value is -2.47. The van der Waals surface area contributed by atoms with Gasteiger partial charge in [-0.15, -0.1) is 0 Å². The Kier molecular flexibility index (Phi) is 7.48. The van der Waals surface area contributed by atoms with Gasteiger partial charge in [-0.05, 0) is 81.5 Å². The van der Waals surface area contributed by atoms with Gasteiger partial charge in [-0.25, -0.2) is 9.59 Å². The topological polar surface area (TPSA) is 61.8 Å². The van der Waals surface area contributed by atoms with Crippen LogP contribution in [0.25, 0.3) is 0 Å². The minimum Gasteiger partial charge on any atom is -0.447 e. The second-order valence-corrected chi connectivity index (χ2v) is 10.1. The van der Waals surface area contributed by atoms with Crippen LogP contribution in [0.2, 0.25) is 0 Å². The molecule has 0 spiro atoms. The van der Waals surface area contributed by atoms with Crippen molar-refractivity contribution >= 4 is 23.2 Å². The third kappa shape index (κ3) is 6.76. The standard InChI is InChI=1S/C25H32O5S/c1-23(2,3)29-21(26)28-20-15-13-18(14-16-20)24(4,5)17-9-11-19(12-10-17)25(6,7)30-22(27)31-8/h9-16H,1-8H3. The van der Waals surface area contributed by atoms with Crippen molar-refractivity contribution in [1.82, 2.24) is 0 Å². The second-order valence-electron chi connectivity index (χ2n) is 9.36.